The van der Waals surface area contributed by atoms with Gasteiger partial charge in [0.25, 0.3) is 5.69 Å². The van der Waals surface area contributed by atoms with Gasteiger partial charge in [-0.2, -0.15) is 0 Å². The average Bonchev–Trinajstić information content (AvgIpc) is 2.92. The lowest BCUT2D eigenvalue weighted by Crippen LogP contribution is -2.04. The molecule has 0 aliphatic rings. The molecule has 0 N–H and O–H groups in total. The van der Waals surface area contributed by atoms with Crippen LogP contribution in [0.5, 0.6) is 0 Å². The molecule has 2 aromatic carbocycles. The van der Waals surface area contributed by atoms with Gasteiger partial charge in [-0.1, -0.05) is 30.3 Å². The highest BCUT2D eigenvalue weighted by Crippen LogP contribution is 2.27. The Morgan fingerprint density at radius 1 is 1.14 bits per heavy atom. The molecule has 1 aromatic heterocycles. The molecule has 0 atom stereocenters. The van der Waals surface area contributed by atoms with Gasteiger partial charge in [-0.25, -0.2) is 0 Å². The Morgan fingerprint density at radius 3 is 2.62 bits per heavy atom. The number of fused-ring (bicyclic) bond motifs is 1. The molecule has 104 valence electrons. The van der Waals surface area contributed by atoms with Crippen molar-refractivity contribution in [1.29, 1.82) is 0 Å². The summed E-state index contributed by atoms with van der Waals surface area (Å²) >= 11 is 0. The van der Waals surface area contributed by atoms with E-state index in [4.69, 9.17) is 4.42 Å². The molecule has 0 radical (unpaired) electrons. The van der Waals surface area contributed by atoms with Gasteiger partial charge in [0.15, 0.2) is 5.76 Å². The number of nitro benzene ring substituents is 1. The summed E-state index contributed by atoms with van der Waals surface area (Å²) in [7, 11) is 0. The van der Waals surface area contributed by atoms with Crippen LogP contribution in [0.15, 0.2) is 52.9 Å². The molecule has 0 aliphatic carbocycles. The molecule has 0 saturated carbocycles. The Morgan fingerprint density at radius 2 is 1.90 bits per heavy atom. The van der Waals surface area contributed by atoms with E-state index in [1.807, 2.05) is 25.1 Å². The number of ketones is 1. The summed E-state index contributed by atoms with van der Waals surface area (Å²) in [4.78, 5) is 22.9. The van der Waals surface area contributed by atoms with Crippen molar-refractivity contribution in [2.75, 3.05) is 0 Å². The van der Waals surface area contributed by atoms with Gasteiger partial charge in [0.1, 0.15) is 11.1 Å². The monoisotopic (exact) mass is 281 g/mol. The first-order chi connectivity index (χ1) is 10.1. The first-order valence-electron chi connectivity index (χ1n) is 6.35. The largest absolute Gasteiger partial charge is 0.452 e. The van der Waals surface area contributed by atoms with Crippen LogP contribution in [0, 0.1) is 17.0 Å². The minimum absolute atomic E-state index is 0.0270. The van der Waals surface area contributed by atoms with E-state index in [0.29, 0.717) is 5.58 Å². The van der Waals surface area contributed by atoms with Gasteiger partial charge >= 0.3 is 0 Å². The fourth-order valence-electron chi connectivity index (χ4n) is 2.28. The molecule has 0 aliphatic heterocycles. The predicted molar refractivity (Wildman–Crippen MR) is 77.5 cm³/mol. The number of hydrogen-bond acceptors (Lipinski definition) is 4. The standard InChI is InChI=1S/C16H11NO4/c1-10-5-4-6-11-9-14(21-16(10)11)15(18)12-7-2-3-8-13(12)17(19)20/h2-9H,1H3. The van der Waals surface area contributed by atoms with Crippen molar-refractivity contribution in [2.45, 2.75) is 6.92 Å². The summed E-state index contributed by atoms with van der Waals surface area (Å²) in [6, 6.07) is 13.0. The van der Waals surface area contributed by atoms with Gasteiger partial charge in [-0.05, 0) is 24.6 Å². The highest BCUT2D eigenvalue weighted by atomic mass is 16.6. The van der Waals surface area contributed by atoms with E-state index >= 15 is 0 Å². The third kappa shape index (κ3) is 2.18. The average molecular weight is 281 g/mol. The maximum absolute atomic E-state index is 12.5. The number of para-hydroxylation sites is 2. The molecular weight excluding hydrogens is 270 g/mol. The van der Waals surface area contributed by atoms with Gasteiger partial charge in [0.05, 0.1) is 4.92 Å². The Hall–Kier alpha value is -2.95. The van der Waals surface area contributed by atoms with E-state index in [1.165, 1.54) is 18.2 Å². The maximum Gasteiger partial charge on any atom is 0.280 e. The molecule has 3 aromatic rings. The van der Waals surface area contributed by atoms with Crippen LogP contribution in [0.4, 0.5) is 5.69 Å². The van der Waals surface area contributed by atoms with Gasteiger partial charge in [-0.3, -0.25) is 14.9 Å². The minimum Gasteiger partial charge on any atom is -0.452 e. The highest BCUT2D eigenvalue weighted by molar-refractivity contribution is 6.11. The fraction of sp³-hybridized carbons (Fsp3) is 0.0625. The molecule has 0 spiro atoms. The Bertz CT molecular complexity index is 864. The van der Waals surface area contributed by atoms with Crippen LogP contribution in [0.2, 0.25) is 0 Å². The maximum atomic E-state index is 12.5. The zero-order chi connectivity index (χ0) is 15.0. The third-order valence-electron chi connectivity index (χ3n) is 3.31. The number of furan rings is 1. The third-order valence-corrected chi connectivity index (χ3v) is 3.31. The molecule has 5 heteroatoms. The molecule has 0 bridgehead atoms. The summed E-state index contributed by atoms with van der Waals surface area (Å²) in [5.41, 5.74) is 1.34. The number of nitro groups is 1. The predicted octanol–water partition coefficient (Wildman–Crippen LogP) is 3.88. The number of carbonyl (C=O) groups excluding carboxylic acids is 1. The summed E-state index contributed by atoms with van der Waals surface area (Å²) in [6.45, 7) is 1.88. The highest BCUT2D eigenvalue weighted by Gasteiger charge is 2.23. The first-order valence-corrected chi connectivity index (χ1v) is 6.35. The molecule has 3 rings (SSSR count). The molecule has 1 heterocycles. The van der Waals surface area contributed by atoms with E-state index in [2.05, 4.69) is 0 Å². The summed E-state index contributed by atoms with van der Waals surface area (Å²) in [5, 5.41) is 11.8. The summed E-state index contributed by atoms with van der Waals surface area (Å²) in [6.07, 6.45) is 0. The normalized spacial score (nSPS) is 10.7. The van der Waals surface area contributed by atoms with Gasteiger partial charge in [-0.15, -0.1) is 0 Å². The van der Waals surface area contributed by atoms with Crippen molar-refractivity contribution in [1.82, 2.24) is 0 Å². The van der Waals surface area contributed by atoms with E-state index in [9.17, 15) is 14.9 Å². The SMILES string of the molecule is Cc1cccc2cc(C(=O)c3ccccc3[N+](=O)[O-])oc12. The number of carbonyl (C=O) groups is 1. The lowest BCUT2D eigenvalue weighted by Gasteiger charge is -1.99. The van der Waals surface area contributed by atoms with Crippen molar-refractivity contribution < 1.29 is 14.1 Å². The number of hydrogen-bond donors (Lipinski definition) is 0. The van der Waals surface area contributed by atoms with Crippen molar-refractivity contribution in [2.24, 2.45) is 0 Å². The fourth-order valence-corrected chi connectivity index (χ4v) is 2.28. The topological polar surface area (TPSA) is 73.3 Å². The Kier molecular flexibility index (Phi) is 3.02. The Labute approximate surface area is 120 Å². The van der Waals surface area contributed by atoms with Gasteiger partial charge in [0.2, 0.25) is 5.78 Å². The molecule has 0 saturated heterocycles. The van der Waals surface area contributed by atoms with Crippen molar-refractivity contribution in [3.8, 4) is 0 Å². The van der Waals surface area contributed by atoms with E-state index < -0.39 is 10.7 Å². The number of benzene rings is 2. The summed E-state index contributed by atoms with van der Waals surface area (Å²) < 4.78 is 5.58. The molecule has 0 unspecified atom stereocenters. The van der Waals surface area contributed by atoms with Gasteiger partial charge in [0, 0.05) is 11.5 Å². The summed E-state index contributed by atoms with van der Waals surface area (Å²) in [5.74, 6) is -0.383. The lowest BCUT2D eigenvalue weighted by molar-refractivity contribution is -0.385. The zero-order valence-corrected chi connectivity index (χ0v) is 11.2. The van der Waals surface area contributed by atoms with Crippen LogP contribution < -0.4 is 0 Å². The molecular formula is C16H11NO4. The van der Waals surface area contributed by atoms with Crippen LogP contribution in [0.3, 0.4) is 0 Å². The van der Waals surface area contributed by atoms with Crippen LogP contribution in [-0.2, 0) is 0 Å². The molecule has 0 amide bonds. The van der Waals surface area contributed by atoms with Crippen LogP contribution >= 0.6 is 0 Å². The van der Waals surface area contributed by atoms with Crippen LogP contribution in [-0.4, -0.2) is 10.7 Å². The Balaban J connectivity index is 2.13. The van der Waals surface area contributed by atoms with Crippen molar-refractivity contribution >= 4 is 22.4 Å². The first kappa shape index (κ1) is 13.1. The number of aryl methyl sites for hydroxylation is 1. The number of nitrogens with zero attached hydrogens (tertiary/aromatic N) is 1. The van der Waals surface area contributed by atoms with Gasteiger partial charge < -0.3 is 4.42 Å². The second-order valence-corrected chi connectivity index (χ2v) is 4.71. The smallest absolute Gasteiger partial charge is 0.280 e. The quantitative estimate of drug-likeness (QED) is 0.415. The van der Waals surface area contributed by atoms with Crippen molar-refractivity contribution in [3.05, 3.63) is 75.5 Å². The van der Waals surface area contributed by atoms with Crippen LogP contribution in [0.25, 0.3) is 11.0 Å². The van der Waals surface area contributed by atoms with Crippen LogP contribution in [0.1, 0.15) is 21.7 Å². The second-order valence-electron chi connectivity index (χ2n) is 4.71. The lowest BCUT2D eigenvalue weighted by atomic mass is 10.1. The van der Waals surface area contributed by atoms with Crippen molar-refractivity contribution in [3.63, 3.8) is 0 Å². The molecule has 21 heavy (non-hydrogen) atoms. The zero-order valence-electron chi connectivity index (χ0n) is 11.2. The minimum atomic E-state index is -0.568. The van der Waals surface area contributed by atoms with E-state index in [1.54, 1.807) is 12.1 Å². The van der Waals surface area contributed by atoms with E-state index in [0.717, 1.165) is 10.9 Å². The van der Waals surface area contributed by atoms with E-state index in [-0.39, 0.29) is 17.0 Å². The molecule has 5 nitrogen and oxygen atoms in total. The number of rotatable bonds is 3. The second kappa shape index (κ2) is 4.86. The molecule has 0 fully saturated rings.